The molecule has 0 bridgehead atoms. The monoisotopic (exact) mass is 292 g/mol. The highest BCUT2D eigenvalue weighted by molar-refractivity contribution is 5.63. The van der Waals surface area contributed by atoms with Crippen LogP contribution in [-0.4, -0.2) is 15.2 Å². The van der Waals surface area contributed by atoms with E-state index in [1.165, 1.54) is 5.56 Å². The lowest BCUT2D eigenvalue weighted by Gasteiger charge is -2.01. The first-order valence-electron chi connectivity index (χ1n) is 7.54. The number of aryl methyl sites for hydroxylation is 3. The highest BCUT2D eigenvalue weighted by Gasteiger charge is 2.07. The summed E-state index contributed by atoms with van der Waals surface area (Å²) in [5, 5.41) is 7.31. The zero-order valence-corrected chi connectivity index (χ0v) is 12.7. The fourth-order valence-electron chi connectivity index (χ4n) is 2.42. The molecule has 1 aromatic heterocycles. The minimum absolute atomic E-state index is 0.710. The molecule has 1 heterocycles. The van der Waals surface area contributed by atoms with E-state index in [2.05, 4.69) is 39.4 Å². The van der Waals surface area contributed by atoms with Gasteiger partial charge in [-0.2, -0.15) is 5.10 Å². The molecule has 0 saturated heterocycles. The van der Waals surface area contributed by atoms with Gasteiger partial charge in [0, 0.05) is 17.7 Å². The van der Waals surface area contributed by atoms with Gasteiger partial charge in [0.15, 0.2) is 5.82 Å². The van der Waals surface area contributed by atoms with E-state index in [1.54, 1.807) is 0 Å². The van der Waals surface area contributed by atoms with Crippen LogP contribution in [0.15, 0.2) is 48.5 Å². The van der Waals surface area contributed by atoms with Crippen LogP contribution in [0.4, 0.5) is 5.69 Å². The summed E-state index contributed by atoms with van der Waals surface area (Å²) in [6, 6.07) is 16.4. The molecule has 0 aliphatic heterocycles. The highest BCUT2D eigenvalue weighted by Crippen LogP contribution is 2.20. The van der Waals surface area contributed by atoms with Crippen LogP contribution in [0.1, 0.15) is 23.4 Å². The maximum Gasteiger partial charge on any atom is 0.181 e. The molecule has 3 N–H and O–H groups in total. The smallest absolute Gasteiger partial charge is 0.181 e. The Hall–Kier alpha value is -2.62. The summed E-state index contributed by atoms with van der Waals surface area (Å²) in [7, 11) is 0. The van der Waals surface area contributed by atoms with Gasteiger partial charge in [-0.15, -0.1) is 0 Å². The van der Waals surface area contributed by atoms with Crippen LogP contribution in [-0.2, 0) is 12.8 Å². The van der Waals surface area contributed by atoms with E-state index in [9.17, 15) is 0 Å². The van der Waals surface area contributed by atoms with Crippen LogP contribution < -0.4 is 5.73 Å². The van der Waals surface area contributed by atoms with E-state index in [-0.39, 0.29) is 0 Å². The van der Waals surface area contributed by atoms with Crippen LogP contribution in [0, 0.1) is 6.92 Å². The van der Waals surface area contributed by atoms with Gasteiger partial charge in [0.2, 0.25) is 0 Å². The first-order chi connectivity index (χ1) is 10.7. The molecule has 22 heavy (non-hydrogen) atoms. The second-order valence-electron chi connectivity index (χ2n) is 5.52. The van der Waals surface area contributed by atoms with Crippen LogP contribution in [0.2, 0.25) is 0 Å². The molecular weight excluding hydrogens is 272 g/mol. The Morgan fingerprint density at radius 2 is 1.86 bits per heavy atom. The van der Waals surface area contributed by atoms with Gasteiger partial charge < -0.3 is 5.73 Å². The summed E-state index contributed by atoms with van der Waals surface area (Å²) >= 11 is 0. The zero-order valence-electron chi connectivity index (χ0n) is 12.7. The summed E-state index contributed by atoms with van der Waals surface area (Å²) < 4.78 is 0. The van der Waals surface area contributed by atoms with E-state index in [1.807, 2.05) is 31.2 Å². The largest absolute Gasteiger partial charge is 0.398 e. The van der Waals surface area contributed by atoms with Crippen molar-refractivity contribution in [2.24, 2.45) is 0 Å². The number of nitrogens with zero attached hydrogens (tertiary/aromatic N) is 2. The number of benzene rings is 2. The van der Waals surface area contributed by atoms with Crippen molar-refractivity contribution in [3.05, 3.63) is 65.5 Å². The number of rotatable bonds is 5. The molecule has 0 radical (unpaired) electrons. The fraction of sp³-hybridized carbons (Fsp3) is 0.222. The molecule has 0 unspecified atom stereocenters. The van der Waals surface area contributed by atoms with E-state index in [0.29, 0.717) is 5.82 Å². The quantitative estimate of drug-likeness (QED) is 0.707. The Bertz CT molecular complexity index is 747. The summed E-state index contributed by atoms with van der Waals surface area (Å²) in [5.41, 5.74) is 10.1. The summed E-state index contributed by atoms with van der Waals surface area (Å²) in [6.45, 7) is 1.99. The molecule has 0 spiro atoms. The second-order valence-corrected chi connectivity index (χ2v) is 5.52. The van der Waals surface area contributed by atoms with Crippen molar-refractivity contribution in [3.8, 4) is 11.4 Å². The Morgan fingerprint density at radius 1 is 1.05 bits per heavy atom. The molecule has 3 rings (SSSR count). The number of nitrogens with two attached hydrogens (primary N) is 1. The topological polar surface area (TPSA) is 67.6 Å². The Kier molecular flexibility index (Phi) is 4.19. The number of nitrogens with one attached hydrogen (secondary N) is 1. The van der Waals surface area contributed by atoms with E-state index < -0.39 is 0 Å². The molecule has 4 heteroatoms. The molecule has 112 valence electrons. The third-order valence-electron chi connectivity index (χ3n) is 3.79. The molecule has 0 aliphatic rings. The SMILES string of the molecule is Cc1ccc(-c2n[nH]c(CCCc3ccccc3)n2)cc1N. The Morgan fingerprint density at radius 3 is 2.64 bits per heavy atom. The van der Waals surface area contributed by atoms with Crippen molar-refractivity contribution in [1.29, 1.82) is 0 Å². The van der Waals surface area contributed by atoms with E-state index in [4.69, 9.17) is 5.73 Å². The van der Waals surface area contributed by atoms with Crippen molar-refractivity contribution >= 4 is 5.69 Å². The van der Waals surface area contributed by atoms with Crippen LogP contribution in [0.25, 0.3) is 11.4 Å². The number of anilines is 1. The molecule has 3 aromatic rings. The highest BCUT2D eigenvalue weighted by atomic mass is 15.2. The van der Waals surface area contributed by atoms with Gasteiger partial charge in [0.1, 0.15) is 5.82 Å². The molecule has 0 saturated carbocycles. The predicted octanol–water partition coefficient (Wildman–Crippen LogP) is 3.54. The zero-order chi connectivity index (χ0) is 15.4. The lowest BCUT2D eigenvalue weighted by atomic mass is 10.1. The van der Waals surface area contributed by atoms with Crippen LogP contribution in [0.5, 0.6) is 0 Å². The molecule has 2 aromatic carbocycles. The Balaban J connectivity index is 1.62. The third-order valence-corrected chi connectivity index (χ3v) is 3.79. The maximum atomic E-state index is 5.94. The average Bonchev–Trinajstić information content (AvgIpc) is 3.00. The fourth-order valence-corrected chi connectivity index (χ4v) is 2.42. The first kappa shape index (κ1) is 14.3. The standard InChI is InChI=1S/C18H20N4/c1-13-10-11-15(12-16(13)19)18-20-17(21-22-18)9-5-8-14-6-3-2-4-7-14/h2-4,6-7,10-12H,5,8-9,19H2,1H3,(H,20,21,22). The molecule has 4 nitrogen and oxygen atoms in total. The minimum Gasteiger partial charge on any atom is -0.398 e. The van der Waals surface area contributed by atoms with Crippen LogP contribution >= 0.6 is 0 Å². The first-order valence-corrected chi connectivity index (χ1v) is 7.54. The third kappa shape index (κ3) is 3.34. The van der Waals surface area contributed by atoms with E-state index in [0.717, 1.165) is 41.9 Å². The summed E-state index contributed by atoms with van der Waals surface area (Å²) in [6.07, 6.45) is 2.99. The number of aromatic nitrogens is 3. The molecule has 0 fully saturated rings. The number of hydrogen-bond donors (Lipinski definition) is 2. The van der Waals surface area contributed by atoms with Crippen molar-refractivity contribution in [1.82, 2.24) is 15.2 Å². The van der Waals surface area contributed by atoms with Gasteiger partial charge >= 0.3 is 0 Å². The summed E-state index contributed by atoms with van der Waals surface area (Å²) in [5.74, 6) is 1.63. The maximum absolute atomic E-state index is 5.94. The van der Waals surface area contributed by atoms with Gasteiger partial charge in [-0.05, 0) is 37.0 Å². The second kappa shape index (κ2) is 6.43. The number of H-pyrrole nitrogens is 1. The Labute approximate surface area is 130 Å². The van der Waals surface area contributed by atoms with Crippen molar-refractivity contribution in [2.75, 3.05) is 5.73 Å². The summed E-state index contributed by atoms with van der Waals surface area (Å²) in [4.78, 5) is 4.56. The number of nitrogen functional groups attached to an aromatic ring is 1. The predicted molar refractivity (Wildman–Crippen MR) is 89.4 cm³/mol. The van der Waals surface area contributed by atoms with Gasteiger partial charge in [-0.3, -0.25) is 5.10 Å². The number of hydrogen-bond acceptors (Lipinski definition) is 3. The molecule has 0 atom stereocenters. The van der Waals surface area contributed by atoms with Gasteiger partial charge in [-0.25, -0.2) is 4.98 Å². The molecule has 0 amide bonds. The van der Waals surface area contributed by atoms with E-state index >= 15 is 0 Å². The van der Waals surface area contributed by atoms with Gasteiger partial charge in [0.05, 0.1) is 0 Å². The van der Waals surface area contributed by atoms with Crippen molar-refractivity contribution < 1.29 is 0 Å². The van der Waals surface area contributed by atoms with Gasteiger partial charge in [-0.1, -0.05) is 42.5 Å². The molecule has 0 aliphatic carbocycles. The van der Waals surface area contributed by atoms with Crippen molar-refractivity contribution in [2.45, 2.75) is 26.2 Å². The normalized spacial score (nSPS) is 10.8. The minimum atomic E-state index is 0.710. The average molecular weight is 292 g/mol. The van der Waals surface area contributed by atoms with Gasteiger partial charge in [0.25, 0.3) is 0 Å². The number of aromatic amines is 1. The lowest BCUT2D eigenvalue weighted by Crippen LogP contribution is -1.92. The molecular formula is C18H20N4. The van der Waals surface area contributed by atoms with Crippen LogP contribution in [0.3, 0.4) is 0 Å². The van der Waals surface area contributed by atoms with Crippen molar-refractivity contribution in [3.63, 3.8) is 0 Å². The lowest BCUT2D eigenvalue weighted by molar-refractivity contribution is 0.775.